The van der Waals surface area contributed by atoms with Gasteiger partial charge in [-0.3, -0.25) is 43.2 Å². The summed E-state index contributed by atoms with van der Waals surface area (Å²) in [6.45, 7) is 4.22. The minimum Gasteiger partial charge on any atom is -0.480 e. The topological polar surface area (TPSA) is 313 Å². The maximum Gasteiger partial charge on any atom is 0.326 e. The third kappa shape index (κ3) is 17.1. The number of nitrogens with two attached hydrogens (primary N) is 1. The van der Waals surface area contributed by atoms with Crippen LogP contribution in [0.5, 0.6) is 0 Å². The van der Waals surface area contributed by atoms with Crippen LogP contribution < -0.4 is 48.3 Å². The first-order valence-corrected chi connectivity index (χ1v) is 18.0. The molecular formula is C38H49N9O11. The normalized spacial score (nSPS) is 13.3. The van der Waals surface area contributed by atoms with E-state index in [0.717, 1.165) is 19.1 Å². The van der Waals surface area contributed by atoms with Gasteiger partial charge in [0.2, 0.25) is 53.2 Å². The van der Waals surface area contributed by atoms with Gasteiger partial charge in [0.25, 0.3) is 0 Å². The van der Waals surface area contributed by atoms with Crippen molar-refractivity contribution < 1.29 is 53.1 Å². The number of amides is 9. The number of benzene rings is 2. The number of rotatable bonds is 22. The minimum atomic E-state index is -1.49. The molecule has 0 aliphatic heterocycles. The highest BCUT2D eigenvalue weighted by Crippen LogP contribution is 2.14. The van der Waals surface area contributed by atoms with Crippen molar-refractivity contribution in [1.29, 1.82) is 0 Å². The average Bonchev–Trinajstić information content (AvgIpc) is 3.17. The molecule has 0 heterocycles. The van der Waals surface area contributed by atoms with Crippen molar-refractivity contribution in [1.82, 2.24) is 42.5 Å². The van der Waals surface area contributed by atoms with Crippen LogP contribution in [0, 0.1) is 5.92 Å². The maximum absolute atomic E-state index is 13.5. The Kier molecular flexibility index (Phi) is 19.2. The summed E-state index contributed by atoms with van der Waals surface area (Å²) in [5.41, 5.74) is 6.34. The van der Waals surface area contributed by atoms with Crippen molar-refractivity contribution in [3.05, 3.63) is 83.9 Å². The fraction of sp³-hybridized carbons (Fsp3) is 0.368. The molecule has 20 heteroatoms. The predicted molar refractivity (Wildman–Crippen MR) is 206 cm³/mol. The number of carboxylic acid groups (broad SMARTS) is 1. The van der Waals surface area contributed by atoms with E-state index in [2.05, 4.69) is 42.5 Å². The van der Waals surface area contributed by atoms with Crippen LogP contribution in [0.1, 0.15) is 44.9 Å². The van der Waals surface area contributed by atoms with Crippen molar-refractivity contribution in [2.24, 2.45) is 11.7 Å². The fourth-order valence-electron chi connectivity index (χ4n) is 4.98. The van der Waals surface area contributed by atoms with E-state index in [1.807, 2.05) is 0 Å². The van der Waals surface area contributed by atoms with Crippen LogP contribution in [-0.4, -0.2) is 108 Å². The maximum atomic E-state index is 13.5. The smallest absolute Gasteiger partial charge is 0.326 e. The molecule has 0 fully saturated rings. The van der Waals surface area contributed by atoms with Gasteiger partial charge in [0.05, 0.1) is 13.1 Å². The second kappa shape index (κ2) is 23.7. The first-order chi connectivity index (χ1) is 27.4. The molecule has 5 atom stereocenters. The Bertz CT molecular complexity index is 1840. The second-order valence-electron chi connectivity index (χ2n) is 13.2. The molecule has 0 bridgehead atoms. The molecule has 0 aliphatic rings. The SMILES string of the molecule is CC(=O)NC[C@H](NC(=O)/C=C/C(=O)NCC(=O)NCC(=O)N[C@@H](Cc1ccccc1)C(=O)O)C(=O)N[C@H](C(=O)N[C@@H](C)C(=O)N[C@H](C(N)=O)C(C)C)c1ccccc1. The number of carbonyl (C=O) groups excluding carboxylic acids is 9. The van der Waals surface area contributed by atoms with Gasteiger partial charge in [-0.1, -0.05) is 74.5 Å². The highest BCUT2D eigenvalue weighted by Gasteiger charge is 2.31. The highest BCUT2D eigenvalue weighted by molar-refractivity contribution is 6.00. The van der Waals surface area contributed by atoms with E-state index in [1.54, 1.807) is 62.4 Å². The summed E-state index contributed by atoms with van der Waals surface area (Å²) >= 11 is 0. The number of aliphatic carboxylic acids is 1. The van der Waals surface area contributed by atoms with Gasteiger partial charge < -0.3 is 53.4 Å². The molecule has 0 saturated carbocycles. The van der Waals surface area contributed by atoms with E-state index in [0.29, 0.717) is 5.56 Å². The third-order valence-electron chi connectivity index (χ3n) is 8.06. The zero-order valence-corrected chi connectivity index (χ0v) is 32.3. The highest BCUT2D eigenvalue weighted by atomic mass is 16.4. The Labute approximate surface area is 333 Å². The Balaban J connectivity index is 2.01. The van der Waals surface area contributed by atoms with E-state index in [4.69, 9.17) is 5.73 Å². The van der Waals surface area contributed by atoms with Crippen LogP contribution in [-0.2, 0) is 54.4 Å². The minimum absolute atomic E-state index is 0.0112. The van der Waals surface area contributed by atoms with E-state index in [-0.39, 0.29) is 17.9 Å². The van der Waals surface area contributed by atoms with Gasteiger partial charge in [0.15, 0.2) is 0 Å². The average molecular weight is 808 g/mol. The molecular weight excluding hydrogens is 758 g/mol. The van der Waals surface area contributed by atoms with E-state index >= 15 is 0 Å². The summed E-state index contributed by atoms with van der Waals surface area (Å²) in [5.74, 6) is -8.92. The zero-order valence-electron chi connectivity index (χ0n) is 32.3. The summed E-state index contributed by atoms with van der Waals surface area (Å²) in [5, 5.41) is 28.4. The molecule has 2 rings (SSSR count). The van der Waals surface area contributed by atoms with E-state index in [9.17, 15) is 53.1 Å². The van der Waals surface area contributed by atoms with Gasteiger partial charge in [-0.15, -0.1) is 0 Å². The summed E-state index contributed by atoms with van der Waals surface area (Å²) in [7, 11) is 0. The molecule has 0 radical (unpaired) electrons. The number of nitrogens with one attached hydrogen (secondary N) is 8. The molecule has 0 aromatic heterocycles. The lowest BCUT2D eigenvalue weighted by Gasteiger charge is -2.25. The molecule has 58 heavy (non-hydrogen) atoms. The van der Waals surface area contributed by atoms with Gasteiger partial charge in [-0.05, 0) is 24.0 Å². The Hall–Kier alpha value is -7.12. The number of carbonyl (C=O) groups is 10. The van der Waals surface area contributed by atoms with Gasteiger partial charge in [0, 0.05) is 32.0 Å². The van der Waals surface area contributed by atoms with E-state index in [1.165, 1.54) is 19.1 Å². The van der Waals surface area contributed by atoms with Gasteiger partial charge >= 0.3 is 5.97 Å². The van der Waals surface area contributed by atoms with Crippen molar-refractivity contribution >= 4 is 59.1 Å². The molecule has 0 unspecified atom stereocenters. The van der Waals surface area contributed by atoms with Crippen molar-refractivity contribution in [2.45, 2.75) is 64.3 Å². The standard InChI is InChI=1S/C38H49N9O11/c1-21(2)32(34(39)53)46-35(54)22(3)43-37(56)33(25-13-9-6-10-14-25)47-36(55)27(18-40-23(4)48)45-29(50)16-15-28(49)41-19-30(51)42-20-31(52)44-26(38(57)58)17-24-11-7-5-8-12-24/h5-16,21-22,26-27,32-33H,17-20H2,1-4H3,(H2,39,53)(H,40,48)(H,41,49)(H,42,51)(H,43,56)(H,44,52)(H,45,50)(H,46,54)(H,47,55)(H,57,58)/b16-15+/t22-,26-,27-,32-,33-/m0/s1. The fourth-order valence-corrected chi connectivity index (χ4v) is 4.98. The molecule has 0 aliphatic carbocycles. The summed E-state index contributed by atoms with van der Waals surface area (Å²) in [4.78, 5) is 124. The Morgan fingerprint density at radius 2 is 1.22 bits per heavy atom. The summed E-state index contributed by atoms with van der Waals surface area (Å²) in [6, 6.07) is 10.1. The van der Waals surface area contributed by atoms with Crippen molar-refractivity contribution in [3.63, 3.8) is 0 Å². The van der Waals surface area contributed by atoms with E-state index < -0.39 is 109 Å². The molecule has 0 spiro atoms. The first-order valence-electron chi connectivity index (χ1n) is 18.0. The van der Waals surface area contributed by atoms with Gasteiger partial charge in [0.1, 0.15) is 30.2 Å². The third-order valence-corrected chi connectivity index (χ3v) is 8.06. The predicted octanol–water partition coefficient (Wildman–Crippen LogP) is -2.80. The molecule has 0 saturated heterocycles. The molecule has 11 N–H and O–H groups in total. The lowest BCUT2D eigenvalue weighted by atomic mass is 10.0. The Morgan fingerprint density at radius 3 is 1.79 bits per heavy atom. The van der Waals surface area contributed by atoms with Crippen molar-refractivity contribution in [2.75, 3.05) is 19.6 Å². The quantitative estimate of drug-likeness (QED) is 0.0542. The number of primary amides is 1. The number of hydrogen-bond acceptors (Lipinski definition) is 10. The monoisotopic (exact) mass is 807 g/mol. The van der Waals surface area contributed by atoms with Crippen LogP contribution in [0.15, 0.2) is 72.8 Å². The zero-order chi connectivity index (χ0) is 43.4. The first kappa shape index (κ1) is 47.0. The summed E-state index contributed by atoms with van der Waals surface area (Å²) in [6.07, 6.45) is 1.50. The van der Waals surface area contributed by atoms with Crippen LogP contribution in [0.2, 0.25) is 0 Å². The van der Waals surface area contributed by atoms with Gasteiger partial charge in [-0.25, -0.2) is 4.79 Å². The van der Waals surface area contributed by atoms with Crippen LogP contribution in [0.3, 0.4) is 0 Å². The number of hydrogen-bond donors (Lipinski definition) is 10. The molecule has 2 aromatic carbocycles. The second-order valence-corrected chi connectivity index (χ2v) is 13.2. The molecule has 20 nitrogen and oxygen atoms in total. The lowest BCUT2D eigenvalue weighted by molar-refractivity contribution is -0.141. The molecule has 2 aromatic rings. The largest absolute Gasteiger partial charge is 0.480 e. The number of carboxylic acids is 1. The van der Waals surface area contributed by atoms with Crippen molar-refractivity contribution in [3.8, 4) is 0 Å². The lowest BCUT2D eigenvalue weighted by Crippen LogP contribution is -2.56. The molecule has 312 valence electrons. The molecule has 9 amide bonds. The van der Waals surface area contributed by atoms with Crippen LogP contribution in [0.25, 0.3) is 0 Å². The Morgan fingerprint density at radius 1 is 0.638 bits per heavy atom. The van der Waals surface area contributed by atoms with Gasteiger partial charge in [-0.2, -0.15) is 0 Å². The van der Waals surface area contributed by atoms with Crippen LogP contribution >= 0.6 is 0 Å². The summed E-state index contributed by atoms with van der Waals surface area (Å²) < 4.78 is 0. The van der Waals surface area contributed by atoms with Crippen LogP contribution in [0.4, 0.5) is 0 Å².